The number of halogens is 1. The standard InChI is InChI=1S/C21H18ClN7O2/c1-11(21-28-27-12(2)31-21)25-17-9-19(30)29(3)18-5-4-13(8-14(17)18)26-16-6-7-24-20(22)15(16)10-23/h4-9,11,25H,1-3H3,(H,24,26). The Kier molecular flexibility index (Phi) is 5.31. The largest absolute Gasteiger partial charge is 0.423 e. The summed E-state index contributed by atoms with van der Waals surface area (Å²) in [6, 6.07) is 10.5. The highest BCUT2D eigenvalue weighted by Crippen LogP contribution is 2.30. The molecule has 0 saturated carbocycles. The van der Waals surface area contributed by atoms with E-state index in [0.29, 0.717) is 28.8 Å². The minimum absolute atomic E-state index is 0.127. The number of anilines is 3. The predicted molar refractivity (Wildman–Crippen MR) is 118 cm³/mol. The molecule has 0 radical (unpaired) electrons. The van der Waals surface area contributed by atoms with Crippen LogP contribution in [0.2, 0.25) is 5.15 Å². The minimum atomic E-state index is -0.308. The zero-order valence-corrected chi connectivity index (χ0v) is 17.7. The second kappa shape index (κ2) is 8.08. The number of pyridine rings is 2. The summed E-state index contributed by atoms with van der Waals surface area (Å²) >= 11 is 6.03. The maximum atomic E-state index is 12.5. The van der Waals surface area contributed by atoms with E-state index in [1.165, 1.54) is 12.3 Å². The van der Waals surface area contributed by atoms with E-state index in [-0.39, 0.29) is 22.3 Å². The quantitative estimate of drug-likeness (QED) is 0.450. The number of nitrogens with one attached hydrogen (secondary N) is 2. The number of nitrogens with zero attached hydrogens (tertiary/aromatic N) is 5. The van der Waals surface area contributed by atoms with Crippen LogP contribution in [-0.2, 0) is 7.05 Å². The summed E-state index contributed by atoms with van der Waals surface area (Å²) in [5.41, 5.74) is 2.71. The van der Waals surface area contributed by atoms with Crippen molar-refractivity contribution in [1.82, 2.24) is 19.7 Å². The fraction of sp³-hybridized carbons (Fsp3) is 0.190. The molecule has 9 nitrogen and oxygen atoms in total. The summed E-state index contributed by atoms with van der Waals surface area (Å²) in [6.45, 7) is 3.59. The SMILES string of the molecule is Cc1nnc(C(C)Nc2cc(=O)n(C)c3ccc(Nc4ccnc(Cl)c4C#N)cc23)o1. The third-order valence-corrected chi connectivity index (χ3v) is 5.11. The van der Waals surface area contributed by atoms with E-state index in [1.807, 2.05) is 25.1 Å². The highest BCUT2D eigenvalue weighted by molar-refractivity contribution is 6.31. The maximum absolute atomic E-state index is 12.5. The number of hydrogen-bond acceptors (Lipinski definition) is 8. The van der Waals surface area contributed by atoms with Crippen molar-refractivity contribution in [2.75, 3.05) is 10.6 Å². The lowest BCUT2D eigenvalue weighted by Crippen LogP contribution is -2.18. The third-order valence-electron chi connectivity index (χ3n) is 4.83. The molecule has 31 heavy (non-hydrogen) atoms. The molecule has 0 amide bonds. The molecule has 10 heteroatoms. The van der Waals surface area contributed by atoms with Gasteiger partial charge in [-0.15, -0.1) is 10.2 Å². The van der Waals surface area contributed by atoms with Crippen molar-refractivity contribution in [2.45, 2.75) is 19.9 Å². The van der Waals surface area contributed by atoms with Crippen LogP contribution in [0.3, 0.4) is 0 Å². The molecule has 0 spiro atoms. The average molecular weight is 436 g/mol. The first-order valence-electron chi connectivity index (χ1n) is 9.39. The van der Waals surface area contributed by atoms with Crippen molar-refractivity contribution in [3.8, 4) is 6.07 Å². The molecule has 156 valence electrons. The molecule has 3 aromatic heterocycles. The Bertz CT molecular complexity index is 1390. The molecule has 2 N–H and O–H groups in total. The first-order valence-corrected chi connectivity index (χ1v) is 9.77. The Morgan fingerprint density at radius 1 is 1.23 bits per heavy atom. The van der Waals surface area contributed by atoms with Gasteiger partial charge in [0.2, 0.25) is 11.8 Å². The summed E-state index contributed by atoms with van der Waals surface area (Å²) in [7, 11) is 1.71. The third kappa shape index (κ3) is 3.93. The second-order valence-corrected chi connectivity index (χ2v) is 7.33. The zero-order chi connectivity index (χ0) is 22.1. The zero-order valence-electron chi connectivity index (χ0n) is 17.0. The molecule has 1 aromatic carbocycles. The molecule has 4 aromatic rings. The second-order valence-electron chi connectivity index (χ2n) is 6.97. The van der Waals surface area contributed by atoms with Gasteiger partial charge in [-0.3, -0.25) is 4.79 Å². The van der Waals surface area contributed by atoms with E-state index >= 15 is 0 Å². The number of aromatic nitrogens is 4. The highest BCUT2D eigenvalue weighted by atomic mass is 35.5. The minimum Gasteiger partial charge on any atom is -0.423 e. The lowest BCUT2D eigenvalue weighted by atomic mass is 10.1. The van der Waals surface area contributed by atoms with Crippen LogP contribution in [-0.4, -0.2) is 19.7 Å². The van der Waals surface area contributed by atoms with Crippen molar-refractivity contribution in [3.63, 3.8) is 0 Å². The molecule has 0 fully saturated rings. The highest BCUT2D eigenvalue weighted by Gasteiger charge is 2.16. The number of aryl methyl sites for hydroxylation is 2. The molecule has 4 rings (SSSR count). The van der Waals surface area contributed by atoms with E-state index in [9.17, 15) is 10.1 Å². The normalized spacial score (nSPS) is 11.8. The van der Waals surface area contributed by atoms with Crippen LogP contribution in [0.15, 0.2) is 45.7 Å². The lowest BCUT2D eigenvalue weighted by molar-refractivity contribution is 0.451. The van der Waals surface area contributed by atoms with Gasteiger partial charge >= 0.3 is 0 Å². The number of rotatable bonds is 5. The Hall–Kier alpha value is -3.90. The molecule has 0 bridgehead atoms. The van der Waals surface area contributed by atoms with E-state index in [0.717, 1.165) is 10.9 Å². The number of fused-ring (bicyclic) bond motifs is 1. The van der Waals surface area contributed by atoms with Crippen LogP contribution in [0.5, 0.6) is 0 Å². The predicted octanol–water partition coefficient (Wildman–Crippen LogP) is 4.07. The van der Waals surface area contributed by atoms with E-state index < -0.39 is 0 Å². The van der Waals surface area contributed by atoms with Crippen LogP contribution >= 0.6 is 11.6 Å². The summed E-state index contributed by atoms with van der Waals surface area (Å²) in [5.74, 6) is 0.888. The molecular formula is C21H18ClN7O2. The first kappa shape index (κ1) is 20.4. The molecular weight excluding hydrogens is 418 g/mol. The number of hydrogen-bond donors (Lipinski definition) is 2. The molecule has 1 unspecified atom stereocenters. The average Bonchev–Trinajstić information content (AvgIpc) is 3.18. The van der Waals surface area contributed by atoms with Crippen molar-refractivity contribution in [3.05, 3.63) is 69.4 Å². The Labute approximate surface area is 182 Å². The van der Waals surface area contributed by atoms with Gasteiger partial charge in [0.15, 0.2) is 0 Å². The fourth-order valence-electron chi connectivity index (χ4n) is 3.24. The van der Waals surface area contributed by atoms with Crippen LogP contribution in [0, 0.1) is 18.3 Å². The molecule has 0 aliphatic carbocycles. The van der Waals surface area contributed by atoms with Gasteiger partial charge in [0, 0.05) is 43.0 Å². The fourth-order valence-corrected chi connectivity index (χ4v) is 3.44. The maximum Gasteiger partial charge on any atom is 0.252 e. The molecule has 1 atom stereocenters. The van der Waals surface area contributed by atoms with Gasteiger partial charge in [-0.2, -0.15) is 5.26 Å². The number of benzene rings is 1. The van der Waals surface area contributed by atoms with Gasteiger partial charge in [0.1, 0.15) is 22.8 Å². The number of nitriles is 1. The molecule has 0 saturated heterocycles. The Morgan fingerprint density at radius 3 is 2.74 bits per heavy atom. The summed E-state index contributed by atoms with van der Waals surface area (Å²) in [4.78, 5) is 16.4. The molecule has 0 aliphatic rings. The van der Waals surface area contributed by atoms with Crippen LogP contribution in [0.4, 0.5) is 17.1 Å². The van der Waals surface area contributed by atoms with Gasteiger partial charge in [0.25, 0.3) is 5.56 Å². The first-order chi connectivity index (χ1) is 14.9. The lowest BCUT2D eigenvalue weighted by Gasteiger charge is -2.17. The summed E-state index contributed by atoms with van der Waals surface area (Å²) in [5, 5.41) is 24.7. The topological polar surface area (TPSA) is 122 Å². The van der Waals surface area contributed by atoms with E-state index in [2.05, 4.69) is 31.9 Å². The van der Waals surface area contributed by atoms with E-state index in [1.54, 1.807) is 24.6 Å². The molecule has 3 heterocycles. The van der Waals surface area contributed by atoms with Crippen LogP contribution in [0.25, 0.3) is 10.9 Å². The molecule has 0 aliphatic heterocycles. The van der Waals surface area contributed by atoms with Crippen molar-refractivity contribution < 1.29 is 4.42 Å². The van der Waals surface area contributed by atoms with Gasteiger partial charge in [-0.05, 0) is 31.2 Å². The van der Waals surface area contributed by atoms with Crippen molar-refractivity contribution >= 4 is 39.6 Å². The van der Waals surface area contributed by atoms with Crippen LogP contribution in [0.1, 0.15) is 30.3 Å². The van der Waals surface area contributed by atoms with Crippen molar-refractivity contribution in [1.29, 1.82) is 5.26 Å². The monoisotopic (exact) mass is 435 g/mol. The van der Waals surface area contributed by atoms with Gasteiger partial charge in [-0.1, -0.05) is 11.6 Å². The van der Waals surface area contributed by atoms with E-state index in [4.69, 9.17) is 16.0 Å². The van der Waals surface area contributed by atoms with Gasteiger partial charge in [-0.25, -0.2) is 4.98 Å². The Morgan fingerprint density at radius 2 is 2.03 bits per heavy atom. The Balaban J connectivity index is 1.77. The van der Waals surface area contributed by atoms with Crippen LogP contribution < -0.4 is 16.2 Å². The van der Waals surface area contributed by atoms with Gasteiger partial charge < -0.3 is 19.6 Å². The smallest absolute Gasteiger partial charge is 0.252 e. The summed E-state index contributed by atoms with van der Waals surface area (Å²) < 4.78 is 7.06. The van der Waals surface area contributed by atoms with Crippen molar-refractivity contribution in [2.24, 2.45) is 7.05 Å². The summed E-state index contributed by atoms with van der Waals surface area (Å²) in [6.07, 6.45) is 1.53. The van der Waals surface area contributed by atoms with Gasteiger partial charge in [0.05, 0.1) is 11.2 Å².